The molecule has 3 aromatic rings. The Labute approximate surface area is 148 Å². The number of nitrogens with zero attached hydrogens (tertiary/aromatic N) is 6. The molecule has 0 saturated heterocycles. The first-order valence-electron chi connectivity index (χ1n) is 8.11. The lowest BCUT2D eigenvalue weighted by atomic mass is 9.89. The third kappa shape index (κ3) is 2.96. The summed E-state index contributed by atoms with van der Waals surface area (Å²) in [4.78, 5) is 16.5. The first kappa shape index (κ1) is 16.4. The van der Waals surface area contributed by atoms with Gasteiger partial charge in [-0.15, -0.1) is 0 Å². The molecule has 0 unspecified atom stereocenters. The van der Waals surface area contributed by atoms with Crippen LogP contribution in [0.15, 0.2) is 47.0 Å². The van der Waals surface area contributed by atoms with Crippen LogP contribution in [0.1, 0.15) is 18.5 Å². The molecule has 0 amide bonds. The van der Waals surface area contributed by atoms with E-state index < -0.39 is 12.0 Å². The van der Waals surface area contributed by atoms with Gasteiger partial charge in [-0.3, -0.25) is 14.5 Å². The van der Waals surface area contributed by atoms with E-state index in [9.17, 15) is 8.78 Å². The van der Waals surface area contributed by atoms with Crippen LogP contribution in [0.4, 0.5) is 8.78 Å². The maximum absolute atomic E-state index is 13.0. The molecule has 0 aliphatic heterocycles. The normalized spacial score (nSPS) is 17.3. The third-order valence-corrected chi connectivity index (χ3v) is 4.44. The molecule has 0 bridgehead atoms. The number of fused-ring (bicyclic) bond motifs is 1. The second kappa shape index (κ2) is 6.01. The zero-order valence-corrected chi connectivity index (χ0v) is 14.1. The van der Waals surface area contributed by atoms with Crippen molar-refractivity contribution in [1.29, 1.82) is 0 Å². The molecule has 0 radical (unpaired) electrons. The van der Waals surface area contributed by atoms with Gasteiger partial charge in [0.05, 0.1) is 6.04 Å². The summed E-state index contributed by atoms with van der Waals surface area (Å²) >= 11 is 0. The predicted molar refractivity (Wildman–Crippen MR) is 95.5 cm³/mol. The molecule has 3 heterocycles. The molecule has 0 aromatic carbocycles. The van der Waals surface area contributed by atoms with Crippen LogP contribution >= 0.6 is 0 Å². The maximum atomic E-state index is 13.0. The molecular formula is C17H17F2N7. The summed E-state index contributed by atoms with van der Waals surface area (Å²) in [5.41, 5.74) is 5.80. The fourth-order valence-corrected chi connectivity index (χ4v) is 3.00. The Morgan fingerprint density at radius 3 is 2.88 bits per heavy atom. The van der Waals surface area contributed by atoms with E-state index in [1.165, 1.54) is 0 Å². The summed E-state index contributed by atoms with van der Waals surface area (Å²) in [6.45, 7) is 5.39. The molecular weight excluding hydrogens is 340 g/mol. The SMILES string of the molecule is C=NC(=NC1CC(F)(F)C1)Nn1ccc(-c2cnc3nccn3c2)c1C. The molecule has 3 aromatic heterocycles. The summed E-state index contributed by atoms with van der Waals surface area (Å²) in [6, 6.07) is 1.50. The van der Waals surface area contributed by atoms with Crippen molar-refractivity contribution in [2.24, 2.45) is 9.98 Å². The van der Waals surface area contributed by atoms with E-state index in [-0.39, 0.29) is 18.8 Å². The van der Waals surface area contributed by atoms with Crippen molar-refractivity contribution >= 4 is 18.5 Å². The van der Waals surface area contributed by atoms with Gasteiger partial charge in [0, 0.05) is 60.6 Å². The first-order chi connectivity index (χ1) is 12.4. The van der Waals surface area contributed by atoms with Crippen molar-refractivity contribution in [3.05, 3.63) is 42.7 Å². The summed E-state index contributed by atoms with van der Waals surface area (Å²) < 4.78 is 29.5. The van der Waals surface area contributed by atoms with E-state index in [2.05, 4.69) is 32.1 Å². The van der Waals surface area contributed by atoms with Gasteiger partial charge in [0.2, 0.25) is 11.7 Å². The van der Waals surface area contributed by atoms with Crippen LogP contribution in [-0.2, 0) is 0 Å². The lowest BCUT2D eigenvalue weighted by Crippen LogP contribution is -2.39. The van der Waals surface area contributed by atoms with Gasteiger partial charge in [0.1, 0.15) is 0 Å². The number of rotatable bonds is 3. The Morgan fingerprint density at radius 1 is 1.35 bits per heavy atom. The highest BCUT2D eigenvalue weighted by molar-refractivity contribution is 5.91. The standard InChI is InChI=1S/C17H17F2N7/c1-11-14(12-9-22-16-21-4-6-25(16)10-12)3-5-26(11)24-15(20-2)23-13-7-17(18,19)8-13/h3-6,9-10,13H,2,7-8H2,1H3,(H,23,24). The van der Waals surface area contributed by atoms with Crippen LogP contribution in [0.25, 0.3) is 16.9 Å². The van der Waals surface area contributed by atoms with E-state index in [4.69, 9.17) is 0 Å². The molecule has 26 heavy (non-hydrogen) atoms. The number of alkyl halides is 2. The molecule has 134 valence electrons. The smallest absolute Gasteiger partial charge is 0.252 e. The van der Waals surface area contributed by atoms with Crippen LogP contribution in [0.3, 0.4) is 0 Å². The van der Waals surface area contributed by atoms with E-state index in [1.54, 1.807) is 17.1 Å². The summed E-state index contributed by atoms with van der Waals surface area (Å²) in [5, 5.41) is 0. The Hall–Kier alpha value is -3.10. The van der Waals surface area contributed by atoms with Crippen molar-refractivity contribution in [2.45, 2.75) is 31.7 Å². The molecule has 4 rings (SSSR count). The highest BCUT2D eigenvalue weighted by Gasteiger charge is 2.45. The molecule has 9 heteroatoms. The summed E-state index contributed by atoms with van der Waals surface area (Å²) in [5.74, 6) is -1.76. The van der Waals surface area contributed by atoms with Gasteiger partial charge in [0.15, 0.2) is 0 Å². The minimum Gasteiger partial charge on any atom is -0.291 e. The zero-order chi connectivity index (χ0) is 18.3. The van der Waals surface area contributed by atoms with Crippen molar-refractivity contribution in [3.8, 4) is 11.1 Å². The quantitative estimate of drug-likeness (QED) is 0.579. The van der Waals surface area contributed by atoms with Gasteiger partial charge < -0.3 is 0 Å². The topological polar surface area (TPSA) is 71.9 Å². The van der Waals surface area contributed by atoms with E-state index in [0.29, 0.717) is 5.78 Å². The predicted octanol–water partition coefficient (Wildman–Crippen LogP) is 2.90. The van der Waals surface area contributed by atoms with Crippen LogP contribution in [0.2, 0.25) is 0 Å². The van der Waals surface area contributed by atoms with Crippen molar-refractivity contribution in [2.75, 3.05) is 5.43 Å². The first-order valence-corrected chi connectivity index (χ1v) is 8.11. The number of imidazole rings is 1. The van der Waals surface area contributed by atoms with Gasteiger partial charge in [-0.25, -0.2) is 28.7 Å². The van der Waals surface area contributed by atoms with Gasteiger partial charge in [-0.2, -0.15) is 0 Å². The Bertz CT molecular complexity index is 994. The highest BCUT2D eigenvalue weighted by atomic mass is 19.3. The van der Waals surface area contributed by atoms with Gasteiger partial charge in [-0.05, 0) is 19.7 Å². The van der Waals surface area contributed by atoms with Crippen molar-refractivity contribution in [1.82, 2.24) is 19.0 Å². The largest absolute Gasteiger partial charge is 0.291 e. The van der Waals surface area contributed by atoms with E-state index in [0.717, 1.165) is 16.8 Å². The molecule has 0 atom stereocenters. The van der Waals surface area contributed by atoms with Gasteiger partial charge >= 0.3 is 0 Å². The number of halogens is 2. The Kier molecular flexibility index (Phi) is 3.78. The molecule has 1 saturated carbocycles. The van der Waals surface area contributed by atoms with Crippen molar-refractivity contribution < 1.29 is 8.78 Å². The molecule has 1 aliphatic rings. The fraction of sp³-hybridized carbons (Fsp3) is 0.294. The third-order valence-electron chi connectivity index (χ3n) is 4.44. The molecule has 1 aliphatic carbocycles. The monoisotopic (exact) mass is 357 g/mol. The molecule has 0 spiro atoms. The second-order valence-corrected chi connectivity index (χ2v) is 6.30. The maximum Gasteiger partial charge on any atom is 0.252 e. The Balaban J connectivity index is 1.56. The van der Waals surface area contributed by atoms with Crippen LogP contribution in [-0.4, -0.2) is 43.7 Å². The number of aromatic nitrogens is 4. The number of aliphatic imine (C=N–C) groups is 2. The zero-order valence-electron chi connectivity index (χ0n) is 14.1. The molecule has 7 nitrogen and oxygen atoms in total. The van der Waals surface area contributed by atoms with E-state index >= 15 is 0 Å². The average molecular weight is 357 g/mol. The lowest BCUT2D eigenvalue weighted by Gasteiger charge is -2.32. The number of guanidine groups is 1. The van der Waals surface area contributed by atoms with Crippen LogP contribution in [0.5, 0.6) is 0 Å². The minimum atomic E-state index is -2.62. The average Bonchev–Trinajstić information content (AvgIpc) is 3.18. The number of hydrogen-bond donors (Lipinski definition) is 1. The van der Waals surface area contributed by atoms with Gasteiger partial charge in [-0.1, -0.05) is 0 Å². The van der Waals surface area contributed by atoms with Crippen LogP contribution in [0, 0.1) is 6.92 Å². The van der Waals surface area contributed by atoms with Crippen LogP contribution < -0.4 is 5.43 Å². The van der Waals surface area contributed by atoms with Crippen molar-refractivity contribution in [3.63, 3.8) is 0 Å². The number of nitrogens with one attached hydrogen (secondary N) is 1. The van der Waals surface area contributed by atoms with E-state index in [1.807, 2.05) is 36.0 Å². The fourth-order valence-electron chi connectivity index (χ4n) is 3.00. The Morgan fingerprint density at radius 2 is 2.15 bits per heavy atom. The summed E-state index contributed by atoms with van der Waals surface area (Å²) in [6.07, 6.45) is 8.54. The van der Waals surface area contributed by atoms with Gasteiger partial charge in [0.25, 0.3) is 5.92 Å². The second-order valence-electron chi connectivity index (χ2n) is 6.30. The highest BCUT2D eigenvalue weighted by Crippen LogP contribution is 2.39. The lowest BCUT2D eigenvalue weighted by molar-refractivity contribution is -0.0834. The molecule has 1 N–H and O–H groups in total. The summed E-state index contributed by atoms with van der Waals surface area (Å²) in [7, 11) is 0. The molecule has 1 fully saturated rings. The minimum absolute atomic E-state index is 0.221. The number of hydrogen-bond acceptors (Lipinski definition) is 3.